The molecule has 0 saturated carbocycles. The molecule has 1 amide bonds. The summed E-state index contributed by atoms with van der Waals surface area (Å²) in [6.45, 7) is 1.34. The van der Waals surface area contributed by atoms with Crippen molar-refractivity contribution >= 4 is 39.9 Å². The second-order valence-corrected chi connectivity index (χ2v) is 6.42. The van der Waals surface area contributed by atoms with Crippen LogP contribution in [0.15, 0.2) is 47.3 Å². The molecule has 0 fully saturated rings. The average Bonchev–Trinajstić information content (AvgIpc) is 2.66. The topological polar surface area (TPSA) is 90.3 Å². The fourth-order valence-corrected chi connectivity index (χ4v) is 2.70. The number of rotatable bonds is 4. The third-order valence-corrected chi connectivity index (χ3v) is 4.23. The molecule has 1 N–H and O–H groups in total. The molecule has 0 aliphatic carbocycles. The highest BCUT2D eigenvalue weighted by molar-refractivity contribution is 6.30. The maximum absolute atomic E-state index is 13.8. The van der Waals surface area contributed by atoms with Crippen LogP contribution in [0.3, 0.4) is 0 Å². The van der Waals surface area contributed by atoms with E-state index in [1.54, 1.807) is 24.3 Å². The first kappa shape index (κ1) is 19.5. The van der Waals surface area contributed by atoms with Gasteiger partial charge in [0.25, 0.3) is 11.5 Å². The highest BCUT2D eigenvalue weighted by atomic mass is 35.5. The zero-order chi connectivity index (χ0) is 20.4. The molecule has 0 bridgehead atoms. The first-order valence-electron chi connectivity index (χ1n) is 8.21. The summed E-state index contributed by atoms with van der Waals surface area (Å²) >= 11 is 5.67. The van der Waals surface area contributed by atoms with Crippen LogP contribution in [0.5, 0.6) is 0 Å². The number of fused-ring (bicyclic) bond motifs is 1. The molecule has 3 rings (SSSR count). The summed E-state index contributed by atoms with van der Waals surface area (Å²) in [6, 6.07) is 10.2. The highest BCUT2D eigenvalue weighted by Gasteiger charge is 2.23. The maximum atomic E-state index is 13.8. The normalized spacial score (nSPS) is 11.9. The van der Waals surface area contributed by atoms with Crippen molar-refractivity contribution in [3.8, 4) is 0 Å². The van der Waals surface area contributed by atoms with E-state index in [1.165, 1.54) is 26.1 Å². The second kappa shape index (κ2) is 7.77. The van der Waals surface area contributed by atoms with Crippen molar-refractivity contribution in [3.63, 3.8) is 0 Å². The summed E-state index contributed by atoms with van der Waals surface area (Å²) in [4.78, 5) is 36.9. The average molecular weight is 404 g/mol. The lowest BCUT2D eigenvalue weighted by atomic mass is 10.1. The predicted octanol–water partition coefficient (Wildman–Crippen LogP) is 2.91. The van der Waals surface area contributed by atoms with Gasteiger partial charge in [-0.2, -0.15) is 5.10 Å². The first-order valence-corrected chi connectivity index (χ1v) is 8.58. The van der Waals surface area contributed by atoms with Crippen LogP contribution >= 0.6 is 11.6 Å². The summed E-state index contributed by atoms with van der Waals surface area (Å²) < 4.78 is 20.0. The van der Waals surface area contributed by atoms with E-state index in [0.29, 0.717) is 10.8 Å². The van der Waals surface area contributed by atoms with Gasteiger partial charge in [0, 0.05) is 17.5 Å². The Morgan fingerprint density at radius 3 is 2.57 bits per heavy atom. The Balaban J connectivity index is 1.81. The fraction of sp³-hybridized carbons (Fsp3) is 0.158. The van der Waals surface area contributed by atoms with Gasteiger partial charge >= 0.3 is 5.97 Å². The van der Waals surface area contributed by atoms with E-state index in [4.69, 9.17) is 16.3 Å². The Morgan fingerprint density at radius 2 is 1.89 bits per heavy atom. The second-order valence-electron chi connectivity index (χ2n) is 5.98. The number of ether oxygens (including phenoxy) is 1. The summed E-state index contributed by atoms with van der Waals surface area (Å²) in [5, 5.41) is 7.06. The number of esters is 1. The monoisotopic (exact) mass is 403 g/mol. The minimum atomic E-state index is -1.24. The number of amides is 1. The van der Waals surface area contributed by atoms with Crippen LogP contribution in [0.4, 0.5) is 10.1 Å². The fourth-order valence-electron chi connectivity index (χ4n) is 2.55. The number of aryl methyl sites for hydroxylation is 1. The van der Waals surface area contributed by atoms with Gasteiger partial charge in [0.1, 0.15) is 5.82 Å². The molecule has 1 aromatic heterocycles. The SMILES string of the molecule is CC(OC(=O)c1nn(C)c(=O)c2ccccc12)C(=O)Nc1ccc(Cl)cc1F. The van der Waals surface area contributed by atoms with Gasteiger partial charge in [0.15, 0.2) is 11.8 Å². The van der Waals surface area contributed by atoms with Gasteiger partial charge in [-0.05, 0) is 31.2 Å². The van der Waals surface area contributed by atoms with Gasteiger partial charge in [-0.25, -0.2) is 13.9 Å². The van der Waals surface area contributed by atoms with E-state index in [1.807, 2.05) is 0 Å². The molecule has 0 aliphatic rings. The number of halogens is 2. The van der Waals surface area contributed by atoms with Crippen LogP contribution < -0.4 is 10.9 Å². The Kier molecular flexibility index (Phi) is 5.41. The van der Waals surface area contributed by atoms with Gasteiger partial charge < -0.3 is 10.1 Å². The van der Waals surface area contributed by atoms with Crippen LogP contribution in [0.2, 0.25) is 5.02 Å². The van der Waals surface area contributed by atoms with Gasteiger partial charge in [0.2, 0.25) is 0 Å². The number of anilines is 1. The molecule has 1 heterocycles. The number of hydrogen-bond acceptors (Lipinski definition) is 5. The van der Waals surface area contributed by atoms with E-state index in [9.17, 15) is 18.8 Å². The minimum absolute atomic E-state index is 0.0945. The van der Waals surface area contributed by atoms with Crippen LogP contribution in [-0.2, 0) is 16.6 Å². The number of benzene rings is 2. The van der Waals surface area contributed by atoms with Crippen molar-refractivity contribution in [3.05, 3.63) is 69.4 Å². The lowest BCUT2D eigenvalue weighted by molar-refractivity contribution is -0.123. The molecular formula is C19H15ClFN3O4. The summed E-state index contributed by atoms with van der Waals surface area (Å²) in [5.41, 5.74) is -0.561. The molecule has 0 radical (unpaired) electrons. The molecule has 144 valence electrons. The predicted molar refractivity (Wildman–Crippen MR) is 102 cm³/mol. The van der Waals surface area contributed by atoms with Crippen molar-refractivity contribution in [2.75, 3.05) is 5.32 Å². The molecule has 7 nitrogen and oxygen atoms in total. The Hall–Kier alpha value is -3.26. The Morgan fingerprint density at radius 1 is 1.21 bits per heavy atom. The molecule has 3 aromatic rings. The zero-order valence-electron chi connectivity index (χ0n) is 14.9. The summed E-state index contributed by atoms with van der Waals surface area (Å²) in [5.74, 6) is -2.33. The van der Waals surface area contributed by atoms with Crippen molar-refractivity contribution < 1.29 is 18.7 Å². The van der Waals surface area contributed by atoms with E-state index in [2.05, 4.69) is 10.4 Å². The van der Waals surface area contributed by atoms with Gasteiger partial charge in [-0.15, -0.1) is 0 Å². The van der Waals surface area contributed by atoms with E-state index in [0.717, 1.165) is 10.7 Å². The van der Waals surface area contributed by atoms with E-state index < -0.39 is 23.8 Å². The van der Waals surface area contributed by atoms with Crippen LogP contribution in [0.25, 0.3) is 10.8 Å². The molecule has 9 heteroatoms. The van der Waals surface area contributed by atoms with Crippen molar-refractivity contribution in [2.24, 2.45) is 7.05 Å². The van der Waals surface area contributed by atoms with E-state index in [-0.39, 0.29) is 22.0 Å². The van der Waals surface area contributed by atoms with Crippen LogP contribution in [0, 0.1) is 5.82 Å². The minimum Gasteiger partial charge on any atom is -0.448 e. The molecule has 0 saturated heterocycles. The molecule has 1 atom stereocenters. The molecular weight excluding hydrogens is 389 g/mol. The highest BCUT2D eigenvalue weighted by Crippen LogP contribution is 2.20. The molecule has 1 unspecified atom stereocenters. The standard InChI is InChI=1S/C19H15ClFN3O4/c1-10(17(25)22-15-8-7-11(20)9-14(15)21)28-19(27)16-12-5-3-4-6-13(12)18(26)24(2)23-16/h3-10H,1-2H3,(H,22,25). The van der Waals surface area contributed by atoms with Crippen LogP contribution in [0.1, 0.15) is 17.4 Å². The zero-order valence-corrected chi connectivity index (χ0v) is 15.7. The third kappa shape index (κ3) is 3.86. The van der Waals surface area contributed by atoms with Gasteiger partial charge in [0.05, 0.1) is 11.1 Å². The number of nitrogens with one attached hydrogen (secondary N) is 1. The smallest absolute Gasteiger partial charge is 0.360 e. The number of carbonyl (C=O) groups excluding carboxylic acids is 2. The molecule has 0 spiro atoms. The van der Waals surface area contributed by atoms with Gasteiger partial charge in [-0.3, -0.25) is 9.59 Å². The summed E-state index contributed by atoms with van der Waals surface area (Å²) in [6.07, 6.45) is -1.24. The summed E-state index contributed by atoms with van der Waals surface area (Å²) in [7, 11) is 1.41. The lowest BCUT2D eigenvalue weighted by Gasteiger charge is -2.14. The number of carbonyl (C=O) groups is 2. The lowest BCUT2D eigenvalue weighted by Crippen LogP contribution is -2.31. The first-order chi connectivity index (χ1) is 13.3. The Labute approximate surface area is 163 Å². The van der Waals surface area contributed by atoms with Crippen molar-refractivity contribution in [2.45, 2.75) is 13.0 Å². The Bertz CT molecular complexity index is 1150. The van der Waals surface area contributed by atoms with Crippen molar-refractivity contribution in [1.29, 1.82) is 0 Å². The van der Waals surface area contributed by atoms with Gasteiger partial charge in [-0.1, -0.05) is 29.8 Å². The van der Waals surface area contributed by atoms with Crippen LogP contribution in [-0.4, -0.2) is 27.8 Å². The molecule has 0 aliphatic heterocycles. The molecule has 2 aromatic carbocycles. The number of hydrogen-bond donors (Lipinski definition) is 1. The maximum Gasteiger partial charge on any atom is 0.360 e. The largest absolute Gasteiger partial charge is 0.448 e. The van der Waals surface area contributed by atoms with Crippen molar-refractivity contribution in [1.82, 2.24) is 9.78 Å². The third-order valence-electron chi connectivity index (χ3n) is 3.99. The number of nitrogens with zero attached hydrogens (tertiary/aromatic N) is 2. The quantitative estimate of drug-likeness (QED) is 0.676. The number of aromatic nitrogens is 2. The molecule has 28 heavy (non-hydrogen) atoms. The van der Waals surface area contributed by atoms with E-state index >= 15 is 0 Å².